The van der Waals surface area contributed by atoms with Gasteiger partial charge in [0.15, 0.2) is 5.78 Å². The maximum Gasteiger partial charge on any atom is 0.165 e. The Hall–Kier alpha value is -0.320. The fourth-order valence-electron chi connectivity index (χ4n) is 1.33. The Bertz CT molecular complexity index is 240. The summed E-state index contributed by atoms with van der Waals surface area (Å²) >= 11 is 1.26. The van der Waals surface area contributed by atoms with Crippen molar-refractivity contribution in [1.29, 1.82) is 0 Å². The highest BCUT2D eigenvalue weighted by atomic mass is 32.2. The molecule has 0 fully saturated rings. The van der Waals surface area contributed by atoms with Crippen LogP contribution in [0.2, 0.25) is 0 Å². The average Bonchev–Trinajstić information content (AvgIpc) is 2.16. The third kappa shape index (κ3) is 4.36. The summed E-state index contributed by atoms with van der Waals surface area (Å²) in [5.74, 6) is -0.0903. The number of ketones is 1. The number of aliphatic hydroxyl groups is 2. The van der Waals surface area contributed by atoms with Gasteiger partial charge in [0.1, 0.15) is 0 Å². The molecule has 4 heteroatoms. The van der Waals surface area contributed by atoms with Crippen LogP contribution in [0.3, 0.4) is 0 Å². The summed E-state index contributed by atoms with van der Waals surface area (Å²) in [5.41, 5.74) is 0. The number of thioether (sulfide) groups is 1. The fraction of sp³-hybridized carbons (Fsp3) is 0.727. The third-order valence-corrected chi connectivity index (χ3v) is 3.85. The zero-order chi connectivity index (χ0) is 12.1. The highest BCUT2D eigenvalue weighted by Crippen LogP contribution is 2.38. The van der Waals surface area contributed by atoms with Gasteiger partial charge in [0.2, 0.25) is 0 Å². The summed E-state index contributed by atoms with van der Waals surface area (Å²) in [6, 6.07) is 0. The molecule has 0 aliphatic heterocycles. The first kappa shape index (κ1) is 14.7. The highest BCUT2D eigenvalue weighted by Gasteiger charge is 2.33. The van der Waals surface area contributed by atoms with E-state index in [9.17, 15) is 9.90 Å². The first-order chi connectivity index (χ1) is 6.87. The number of aliphatic hydroxyl groups excluding tert-OH is 2. The Morgan fingerprint density at radius 3 is 2.47 bits per heavy atom. The third-order valence-electron chi connectivity index (χ3n) is 2.37. The lowest BCUT2D eigenvalue weighted by atomic mass is 9.99. The van der Waals surface area contributed by atoms with Crippen molar-refractivity contribution >= 4 is 17.5 Å². The van der Waals surface area contributed by atoms with E-state index in [-0.39, 0.29) is 12.4 Å². The molecule has 0 aromatic heterocycles. The Morgan fingerprint density at radius 1 is 1.60 bits per heavy atom. The quantitative estimate of drug-likeness (QED) is 0.656. The molecule has 15 heavy (non-hydrogen) atoms. The fourth-order valence-corrected chi connectivity index (χ4v) is 2.55. The van der Waals surface area contributed by atoms with Crippen LogP contribution in [-0.4, -0.2) is 33.5 Å². The van der Waals surface area contributed by atoms with E-state index in [4.69, 9.17) is 5.11 Å². The predicted octanol–water partition coefficient (Wildman–Crippen LogP) is 1.73. The molecule has 3 nitrogen and oxygen atoms in total. The summed E-state index contributed by atoms with van der Waals surface area (Å²) in [6.45, 7) is 8.66. The lowest BCUT2D eigenvalue weighted by molar-refractivity contribution is -0.112. The van der Waals surface area contributed by atoms with Crippen molar-refractivity contribution in [1.82, 2.24) is 0 Å². The first-order valence-corrected chi connectivity index (χ1v) is 5.86. The van der Waals surface area contributed by atoms with Crippen molar-refractivity contribution in [3.05, 3.63) is 11.5 Å². The van der Waals surface area contributed by atoms with E-state index in [2.05, 4.69) is 6.58 Å². The van der Waals surface area contributed by atoms with Crippen molar-refractivity contribution in [2.75, 3.05) is 6.61 Å². The number of hydrogen-bond donors (Lipinski definition) is 2. The molecule has 0 saturated heterocycles. The SMILES string of the molecule is C=C(SC(C)(CCC)C(O)CO)C(C)=O. The first-order valence-electron chi connectivity index (χ1n) is 5.05. The second-order valence-corrected chi connectivity index (χ2v) is 5.47. The molecule has 0 aromatic rings. The maximum absolute atomic E-state index is 11.1. The van der Waals surface area contributed by atoms with Gasteiger partial charge in [0.05, 0.1) is 12.7 Å². The van der Waals surface area contributed by atoms with E-state index in [1.54, 1.807) is 0 Å². The number of carbonyl (C=O) groups is 1. The highest BCUT2D eigenvalue weighted by molar-refractivity contribution is 8.05. The Morgan fingerprint density at radius 2 is 2.13 bits per heavy atom. The van der Waals surface area contributed by atoms with Crippen LogP contribution in [0.1, 0.15) is 33.6 Å². The molecule has 0 bridgehead atoms. The molecule has 0 saturated carbocycles. The van der Waals surface area contributed by atoms with Gasteiger partial charge in [-0.15, -0.1) is 11.8 Å². The van der Waals surface area contributed by atoms with Crippen LogP contribution in [0, 0.1) is 0 Å². The molecule has 0 amide bonds. The topological polar surface area (TPSA) is 57.5 Å². The van der Waals surface area contributed by atoms with Gasteiger partial charge >= 0.3 is 0 Å². The standard InChI is InChI=1S/C11H20O3S/c1-5-6-11(4,10(14)7-12)15-9(3)8(2)13/h10,12,14H,3,5-7H2,1-2,4H3. The molecule has 0 aromatic carbocycles. The number of allylic oxidation sites excluding steroid dienone is 1. The van der Waals surface area contributed by atoms with E-state index in [0.29, 0.717) is 4.91 Å². The largest absolute Gasteiger partial charge is 0.394 e. The van der Waals surface area contributed by atoms with Crippen molar-refractivity contribution < 1.29 is 15.0 Å². The minimum Gasteiger partial charge on any atom is -0.394 e. The van der Waals surface area contributed by atoms with Crippen molar-refractivity contribution in [2.45, 2.75) is 44.5 Å². The van der Waals surface area contributed by atoms with Gasteiger partial charge in [-0.05, 0) is 20.3 Å². The molecule has 88 valence electrons. The molecule has 0 rings (SSSR count). The molecular formula is C11H20O3S. The van der Waals surface area contributed by atoms with Crippen LogP contribution in [-0.2, 0) is 4.79 Å². The smallest absolute Gasteiger partial charge is 0.165 e. The minimum absolute atomic E-state index is 0.0903. The molecule has 0 spiro atoms. The van der Waals surface area contributed by atoms with Crippen molar-refractivity contribution in [3.63, 3.8) is 0 Å². The predicted molar refractivity (Wildman–Crippen MR) is 63.8 cm³/mol. The molecule has 0 aliphatic carbocycles. The number of Topliss-reactive ketones (excluding diaryl/α,β-unsaturated/α-hetero) is 1. The van der Waals surface area contributed by atoms with E-state index in [1.165, 1.54) is 18.7 Å². The number of carbonyl (C=O) groups excluding carboxylic acids is 1. The van der Waals surface area contributed by atoms with Gasteiger partial charge in [-0.1, -0.05) is 19.9 Å². The minimum atomic E-state index is -0.835. The summed E-state index contributed by atoms with van der Waals surface area (Å²) in [6.07, 6.45) is 0.774. The molecule has 0 radical (unpaired) electrons. The van der Waals surface area contributed by atoms with Gasteiger partial charge in [0.25, 0.3) is 0 Å². The molecule has 2 atom stereocenters. The van der Waals surface area contributed by atoms with Crippen LogP contribution < -0.4 is 0 Å². The van der Waals surface area contributed by atoms with Gasteiger partial charge in [0, 0.05) is 9.65 Å². The van der Waals surface area contributed by atoms with Gasteiger partial charge in [-0.25, -0.2) is 0 Å². The average molecular weight is 232 g/mol. The summed E-state index contributed by atoms with van der Waals surface area (Å²) in [7, 11) is 0. The van der Waals surface area contributed by atoms with Crippen LogP contribution in [0.4, 0.5) is 0 Å². The zero-order valence-electron chi connectivity index (χ0n) is 9.62. The maximum atomic E-state index is 11.1. The summed E-state index contributed by atoms with van der Waals surface area (Å²) < 4.78 is -0.535. The Labute approximate surface area is 95.6 Å². The molecule has 0 aliphatic rings. The van der Waals surface area contributed by atoms with Gasteiger partial charge < -0.3 is 10.2 Å². The van der Waals surface area contributed by atoms with Crippen LogP contribution in [0.5, 0.6) is 0 Å². The monoisotopic (exact) mass is 232 g/mol. The molecular weight excluding hydrogens is 212 g/mol. The van der Waals surface area contributed by atoms with Crippen molar-refractivity contribution in [2.24, 2.45) is 0 Å². The lowest BCUT2D eigenvalue weighted by Crippen LogP contribution is -2.39. The van der Waals surface area contributed by atoms with E-state index in [1.807, 2.05) is 13.8 Å². The van der Waals surface area contributed by atoms with E-state index in [0.717, 1.165) is 12.8 Å². The Balaban J connectivity index is 4.64. The van der Waals surface area contributed by atoms with Crippen LogP contribution in [0.15, 0.2) is 11.5 Å². The second-order valence-electron chi connectivity index (χ2n) is 3.84. The van der Waals surface area contributed by atoms with Crippen LogP contribution in [0.25, 0.3) is 0 Å². The molecule has 2 unspecified atom stereocenters. The van der Waals surface area contributed by atoms with Crippen molar-refractivity contribution in [3.8, 4) is 0 Å². The van der Waals surface area contributed by atoms with E-state index >= 15 is 0 Å². The van der Waals surface area contributed by atoms with Gasteiger partial charge in [-0.3, -0.25) is 4.79 Å². The Kier molecular flexibility index (Phi) is 6.17. The number of hydrogen-bond acceptors (Lipinski definition) is 4. The summed E-state index contributed by atoms with van der Waals surface area (Å²) in [4.78, 5) is 11.5. The summed E-state index contributed by atoms with van der Waals surface area (Å²) in [5, 5.41) is 18.7. The van der Waals surface area contributed by atoms with Gasteiger partial charge in [-0.2, -0.15) is 0 Å². The lowest BCUT2D eigenvalue weighted by Gasteiger charge is -2.33. The number of rotatable bonds is 7. The van der Waals surface area contributed by atoms with E-state index < -0.39 is 10.9 Å². The zero-order valence-corrected chi connectivity index (χ0v) is 10.4. The second kappa shape index (κ2) is 6.30. The normalized spacial score (nSPS) is 16.9. The molecule has 2 N–H and O–H groups in total. The molecule has 0 heterocycles. The van der Waals surface area contributed by atoms with Crippen LogP contribution >= 0.6 is 11.8 Å².